The van der Waals surface area contributed by atoms with Crippen LogP contribution < -0.4 is 0 Å². The molecule has 0 fully saturated rings. The summed E-state index contributed by atoms with van der Waals surface area (Å²) >= 11 is 0. The Morgan fingerprint density at radius 2 is 0.981 bits per heavy atom. The fourth-order valence-corrected chi connectivity index (χ4v) is 6.97. The molecule has 0 N–H and O–H groups in total. The second-order valence-electron chi connectivity index (χ2n) is 16.1. The van der Waals surface area contributed by atoms with Crippen LogP contribution in [0.4, 0.5) is 0 Å². The van der Waals surface area contributed by atoms with Gasteiger partial charge in [0, 0.05) is 25.8 Å². The lowest BCUT2D eigenvalue weighted by Crippen LogP contribution is -2.22. The van der Waals surface area contributed by atoms with E-state index in [1.165, 1.54) is 51.4 Å². The lowest BCUT2D eigenvalue weighted by molar-refractivity contribution is -0.146. The molecule has 0 bridgehead atoms. The van der Waals surface area contributed by atoms with Crippen molar-refractivity contribution in [2.75, 3.05) is 40.5 Å². The van der Waals surface area contributed by atoms with Crippen molar-refractivity contribution in [3.63, 3.8) is 0 Å². The first-order chi connectivity index (χ1) is 25.7. The molecule has 0 heterocycles. The SMILES string of the molecule is CCCCCC/C=C\COC(=O)CCCCCCCC(CCCCCCCC(=O)OC/C=C\CCCCCC)COC(=O)CC(C)CC(C)CN(C)C. The number of esters is 3. The predicted octanol–water partition coefficient (Wildman–Crippen LogP) is 12.4. The van der Waals surface area contributed by atoms with E-state index < -0.39 is 0 Å². The summed E-state index contributed by atoms with van der Waals surface area (Å²) in [6, 6.07) is 0. The second kappa shape index (κ2) is 38.1. The Kier molecular flexibility index (Phi) is 36.6. The Hall–Kier alpha value is -2.15. The van der Waals surface area contributed by atoms with E-state index in [2.05, 4.69) is 58.8 Å². The van der Waals surface area contributed by atoms with Gasteiger partial charge in [0.25, 0.3) is 0 Å². The van der Waals surface area contributed by atoms with Gasteiger partial charge in [0.05, 0.1) is 6.61 Å². The molecule has 0 aromatic rings. The normalized spacial score (nSPS) is 13.0. The van der Waals surface area contributed by atoms with Crippen LogP contribution in [0.3, 0.4) is 0 Å². The summed E-state index contributed by atoms with van der Waals surface area (Å²) in [6.07, 6.45) is 35.5. The van der Waals surface area contributed by atoms with E-state index in [9.17, 15) is 14.4 Å². The van der Waals surface area contributed by atoms with Gasteiger partial charge in [-0.2, -0.15) is 0 Å². The molecular weight excluding hydrogens is 663 g/mol. The number of hydrogen-bond acceptors (Lipinski definition) is 7. The maximum Gasteiger partial charge on any atom is 0.306 e. The van der Waals surface area contributed by atoms with E-state index in [4.69, 9.17) is 14.2 Å². The molecule has 53 heavy (non-hydrogen) atoms. The number of carbonyl (C=O) groups is 3. The van der Waals surface area contributed by atoms with Crippen molar-refractivity contribution in [3.8, 4) is 0 Å². The molecular formula is C46H85NO6. The van der Waals surface area contributed by atoms with Crippen LogP contribution in [-0.4, -0.2) is 63.3 Å². The zero-order chi connectivity index (χ0) is 39.2. The van der Waals surface area contributed by atoms with Crippen LogP contribution in [0.5, 0.6) is 0 Å². The first-order valence-corrected chi connectivity index (χ1v) is 22.1. The van der Waals surface area contributed by atoms with Crippen molar-refractivity contribution in [1.82, 2.24) is 4.90 Å². The molecule has 0 aliphatic carbocycles. The molecule has 2 atom stereocenters. The first kappa shape index (κ1) is 50.9. The number of carbonyl (C=O) groups excluding carboxylic acids is 3. The van der Waals surface area contributed by atoms with E-state index in [0.717, 1.165) is 103 Å². The average molecular weight is 748 g/mol. The standard InChI is InChI=1S/C46H85NO6/c1-7-9-11-13-15-23-29-35-51-44(48)33-27-21-17-19-25-31-43(40-53-46(50)38-41(3)37-42(4)39-47(5)6)32-26-20-18-22-28-34-45(49)52-36-30-24-16-14-12-10-8-2/h23-24,29-30,41-43H,7-22,25-28,31-40H2,1-6H3/b29-23-,30-24-. The number of allylic oxidation sites excluding steroid dienone is 2. The first-order valence-electron chi connectivity index (χ1n) is 22.1. The second-order valence-corrected chi connectivity index (χ2v) is 16.1. The van der Waals surface area contributed by atoms with Crippen LogP contribution in [0.25, 0.3) is 0 Å². The van der Waals surface area contributed by atoms with E-state index >= 15 is 0 Å². The van der Waals surface area contributed by atoms with Gasteiger partial charge >= 0.3 is 17.9 Å². The zero-order valence-corrected chi connectivity index (χ0v) is 35.7. The van der Waals surface area contributed by atoms with E-state index in [-0.39, 0.29) is 17.9 Å². The van der Waals surface area contributed by atoms with Crippen molar-refractivity contribution in [3.05, 3.63) is 24.3 Å². The molecule has 0 aliphatic rings. The van der Waals surface area contributed by atoms with Crippen LogP contribution in [0.15, 0.2) is 24.3 Å². The molecule has 0 amide bonds. The summed E-state index contributed by atoms with van der Waals surface area (Å²) in [5, 5.41) is 0. The average Bonchev–Trinajstić information content (AvgIpc) is 3.11. The van der Waals surface area contributed by atoms with Crippen molar-refractivity contribution < 1.29 is 28.6 Å². The third kappa shape index (κ3) is 37.9. The maximum atomic E-state index is 12.7. The van der Waals surface area contributed by atoms with Crippen molar-refractivity contribution in [2.45, 2.75) is 195 Å². The molecule has 310 valence electrons. The summed E-state index contributed by atoms with van der Waals surface area (Å²) in [5.74, 6) is 0.991. The molecule has 2 unspecified atom stereocenters. The zero-order valence-electron chi connectivity index (χ0n) is 35.7. The minimum Gasteiger partial charge on any atom is -0.465 e. The monoisotopic (exact) mass is 748 g/mol. The highest BCUT2D eigenvalue weighted by Crippen LogP contribution is 2.22. The van der Waals surface area contributed by atoms with Crippen LogP contribution in [0.1, 0.15) is 195 Å². The fraction of sp³-hybridized carbons (Fsp3) is 0.848. The van der Waals surface area contributed by atoms with Gasteiger partial charge in [0.1, 0.15) is 13.2 Å². The van der Waals surface area contributed by atoms with Crippen molar-refractivity contribution in [1.29, 1.82) is 0 Å². The molecule has 7 nitrogen and oxygen atoms in total. The van der Waals surface area contributed by atoms with Gasteiger partial charge in [-0.1, -0.05) is 142 Å². The van der Waals surface area contributed by atoms with Gasteiger partial charge in [-0.3, -0.25) is 14.4 Å². The van der Waals surface area contributed by atoms with Gasteiger partial charge in [-0.15, -0.1) is 0 Å². The van der Waals surface area contributed by atoms with E-state index in [1.54, 1.807) is 0 Å². The smallest absolute Gasteiger partial charge is 0.306 e. The lowest BCUT2D eigenvalue weighted by atomic mass is 9.94. The topological polar surface area (TPSA) is 82.1 Å². The Balaban J connectivity index is 4.38. The largest absolute Gasteiger partial charge is 0.465 e. The summed E-state index contributed by atoms with van der Waals surface area (Å²) in [4.78, 5) is 39.1. The molecule has 7 heteroatoms. The predicted molar refractivity (Wildman–Crippen MR) is 223 cm³/mol. The van der Waals surface area contributed by atoms with Crippen LogP contribution >= 0.6 is 0 Å². The third-order valence-electron chi connectivity index (χ3n) is 9.93. The van der Waals surface area contributed by atoms with Crippen molar-refractivity contribution in [2.24, 2.45) is 17.8 Å². The molecule has 0 rings (SSSR count). The highest BCUT2D eigenvalue weighted by atomic mass is 16.5. The summed E-state index contributed by atoms with van der Waals surface area (Å²) in [7, 11) is 4.19. The minimum absolute atomic E-state index is 0.0664. The van der Waals surface area contributed by atoms with E-state index in [1.807, 2.05) is 12.2 Å². The summed E-state index contributed by atoms with van der Waals surface area (Å²) in [6.45, 7) is 11.2. The Labute approximate surface area is 327 Å². The van der Waals surface area contributed by atoms with Gasteiger partial charge < -0.3 is 19.1 Å². The van der Waals surface area contributed by atoms with Gasteiger partial charge in [-0.25, -0.2) is 0 Å². The van der Waals surface area contributed by atoms with Crippen LogP contribution in [0, 0.1) is 17.8 Å². The molecule has 0 saturated heterocycles. The quantitative estimate of drug-likeness (QED) is 0.0269. The Morgan fingerprint density at radius 1 is 0.528 bits per heavy atom. The summed E-state index contributed by atoms with van der Waals surface area (Å²) in [5.41, 5.74) is 0. The fourth-order valence-electron chi connectivity index (χ4n) is 6.97. The Bertz CT molecular complexity index is 864. The number of unbranched alkanes of at least 4 members (excludes halogenated alkanes) is 16. The van der Waals surface area contributed by atoms with E-state index in [0.29, 0.717) is 56.8 Å². The number of ether oxygens (including phenoxy) is 3. The molecule has 0 spiro atoms. The van der Waals surface area contributed by atoms with Gasteiger partial charge in [0.2, 0.25) is 0 Å². The molecule has 0 aromatic carbocycles. The molecule has 0 radical (unpaired) electrons. The van der Waals surface area contributed by atoms with Gasteiger partial charge in [0.15, 0.2) is 0 Å². The highest BCUT2D eigenvalue weighted by molar-refractivity contribution is 5.70. The number of hydrogen-bond donors (Lipinski definition) is 0. The van der Waals surface area contributed by atoms with Gasteiger partial charge in [-0.05, 0) is 89.6 Å². The van der Waals surface area contributed by atoms with Crippen LogP contribution in [0.2, 0.25) is 0 Å². The minimum atomic E-state index is -0.0971. The van der Waals surface area contributed by atoms with Crippen molar-refractivity contribution >= 4 is 17.9 Å². The third-order valence-corrected chi connectivity index (χ3v) is 9.93. The molecule has 0 aliphatic heterocycles. The number of rotatable bonds is 38. The highest BCUT2D eigenvalue weighted by Gasteiger charge is 2.17. The molecule has 0 aromatic heterocycles. The maximum absolute atomic E-state index is 12.7. The lowest BCUT2D eigenvalue weighted by Gasteiger charge is -2.21. The molecule has 0 saturated carbocycles. The Morgan fingerprint density at radius 3 is 1.45 bits per heavy atom. The summed E-state index contributed by atoms with van der Waals surface area (Å²) < 4.78 is 16.6. The number of nitrogens with zero attached hydrogens (tertiary/aromatic N) is 1. The van der Waals surface area contributed by atoms with Crippen LogP contribution in [-0.2, 0) is 28.6 Å².